The zero-order chi connectivity index (χ0) is 13.8. The first-order valence-electron chi connectivity index (χ1n) is 6.19. The van der Waals surface area contributed by atoms with Crippen molar-refractivity contribution in [3.05, 3.63) is 59.2 Å². The molecule has 0 heterocycles. The van der Waals surface area contributed by atoms with Crippen molar-refractivity contribution in [2.24, 2.45) is 5.73 Å². The van der Waals surface area contributed by atoms with Gasteiger partial charge in [0.2, 0.25) is 0 Å². The molecule has 2 aromatic rings. The van der Waals surface area contributed by atoms with Crippen molar-refractivity contribution >= 4 is 0 Å². The fourth-order valence-corrected chi connectivity index (χ4v) is 2.07. The first kappa shape index (κ1) is 13.4. The van der Waals surface area contributed by atoms with E-state index in [0.717, 1.165) is 22.6 Å². The number of hydrogen-bond acceptors (Lipinski definition) is 3. The van der Waals surface area contributed by atoms with Gasteiger partial charge in [0.1, 0.15) is 11.5 Å². The summed E-state index contributed by atoms with van der Waals surface area (Å²) < 4.78 is 10.5. The van der Waals surface area contributed by atoms with E-state index < -0.39 is 0 Å². The lowest BCUT2D eigenvalue weighted by Gasteiger charge is -2.15. The van der Waals surface area contributed by atoms with E-state index in [1.54, 1.807) is 14.2 Å². The van der Waals surface area contributed by atoms with Gasteiger partial charge in [-0.15, -0.1) is 0 Å². The van der Waals surface area contributed by atoms with E-state index in [1.165, 1.54) is 5.56 Å². The molecule has 0 bridgehead atoms. The molecular weight excluding hydrogens is 238 g/mol. The number of benzene rings is 2. The van der Waals surface area contributed by atoms with E-state index in [2.05, 4.69) is 19.1 Å². The molecule has 19 heavy (non-hydrogen) atoms. The van der Waals surface area contributed by atoms with Crippen molar-refractivity contribution < 1.29 is 9.47 Å². The maximum atomic E-state index is 6.32. The molecule has 3 heteroatoms. The Labute approximate surface area is 114 Å². The maximum absolute atomic E-state index is 6.32. The average Bonchev–Trinajstić information content (AvgIpc) is 2.45. The maximum Gasteiger partial charge on any atom is 0.122 e. The molecule has 1 atom stereocenters. The molecule has 2 aromatic carbocycles. The van der Waals surface area contributed by atoms with Gasteiger partial charge in [0.25, 0.3) is 0 Å². The second-order valence-corrected chi connectivity index (χ2v) is 4.54. The van der Waals surface area contributed by atoms with E-state index in [1.807, 2.05) is 30.3 Å². The number of methoxy groups -OCH3 is 2. The smallest absolute Gasteiger partial charge is 0.122 e. The normalized spacial score (nSPS) is 12.0. The van der Waals surface area contributed by atoms with Crippen molar-refractivity contribution in [3.8, 4) is 11.5 Å². The van der Waals surface area contributed by atoms with Crippen molar-refractivity contribution in [1.82, 2.24) is 0 Å². The summed E-state index contributed by atoms with van der Waals surface area (Å²) in [6.45, 7) is 2.06. The van der Waals surface area contributed by atoms with Gasteiger partial charge in [0.15, 0.2) is 0 Å². The fourth-order valence-electron chi connectivity index (χ4n) is 2.07. The Morgan fingerprint density at radius 3 is 2.05 bits per heavy atom. The van der Waals surface area contributed by atoms with E-state index in [9.17, 15) is 0 Å². The fraction of sp³-hybridized carbons (Fsp3) is 0.250. The number of aryl methyl sites for hydroxylation is 1. The number of nitrogens with two attached hydrogens (primary N) is 1. The van der Waals surface area contributed by atoms with Gasteiger partial charge in [-0.05, 0) is 30.2 Å². The summed E-state index contributed by atoms with van der Waals surface area (Å²) in [5.74, 6) is 1.50. The quantitative estimate of drug-likeness (QED) is 0.915. The summed E-state index contributed by atoms with van der Waals surface area (Å²) in [5.41, 5.74) is 9.57. The van der Waals surface area contributed by atoms with Gasteiger partial charge in [-0.1, -0.05) is 29.8 Å². The predicted molar refractivity (Wildman–Crippen MR) is 76.8 cm³/mol. The van der Waals surface area contributed by atoms with E-state index in [4.69, 9.17) is 15.2 Å². The molecule has 3 nitrogen and oxygen atoms in total. The van der Waals surface area contributed by atoms with Crippen LogP contribution in [0.4, 0.5) is 0 Å². The Morgan fingerprint density at radius 1 is 0.895 bits per heavy atom. The third kappa shape index (κ3) is 3.06. The number of hydrogen-bond donors (Lipinski definition) is 1. The van der Waals surface area contributed by atoms with Crippen LogP contribution in [0.2, 0.25) is 0 Å². The van der Waals surface area contributed by atoms with Crippen molar-refractivity contribution in [3.63, 3.8) is 0 Å². The van der Waals surface area contributed by atoms with E-state index in [-0.39, 0.29) is 6.04 Å². The summed E-state index contributed by atoms with van der Waals surface area (Å²) in [7, 11) is 3.27. The first-order chi connectivity index (χ1) is 9.13. The van der Waals surface area contributed by atoms with Gasteiger partial charge in [0.05, 0.1) is 20.3 Å². The molecule has 0 fully saturated rings. The highest BCUT2D eigenvalue weighted by atomic mass is 16.5. The van der Waals surface area contributed by atoms with Gasteiger partial charge >= 0.3 is 0 Å². The van der Waals surface area contributed by atoms with Crippen LogP contribution in [-0.2, 0) is 0 Å². The molecule has 0 aliphatic heterocycles. The summed E-state index contributed by atoms with van der Waals surface area (Å²) in [6, 6.07) is 13.7. The third-order valence-corrected chi connectivity index (χ3v) is 3.13. The van der Waals surface area contributed by atoms with Crippen LogP contribution in [0.15, 0.2) is 42.5 Å². The number of rotatable bonds is 4. The van der Waals surface area contributed by atoms with E-state index >= 15 is 0 Å². The Balaban J connectivity index is 2.40. The summed E-state index contributed by atoms with van der Waals surface area (Å²) in [5, 5.41) is 0. The van der Waals surface area contributed by atoms with Gasteiger partial charge in [-0.25, -0.2) is 0 Å². The zero-order valence-electron chi connectivity index (χ0n) is 11.5. The molecule has 0 saturated carbocycles. The highest BCUT2D eigenvalue weighted by molar-refractivity contribution is 5.43. The molecule has 0 saturated heterocycles. The average molecular weight is 257 g/mol. The van der Waals surface area contributed by atoms with Crippen LogP contribution in [0, 0.1) is 6.92 Å². The Morgan fingerprint density at radius 2 is 1.53 bits per heavy atom. The highest BCUT2D eigenvalue weighted by Gasteiger charge is 2.12. The number of ether oxygens (including phenoxy) is 2. The summed E-state index contributed by atoms with van der Waals surface area (Å²) in [6.07, 6.45) is 0. The molecule has 2 N–H and O–H groups in total. The van der Waals surface area contributed by atoms with Crippen molar-refractivity contribution in [2.45, 2.75) is 13.0 Å². The minimum Gasteiger partial charge on any atom is -0.497 e. The molecule has 0 aliphatic rings. The molecular formula is C16H19NO2. The van der Waals surface area contributed by atoms with Crippen LogP contribution in [-0.4, -0.2) is 14.2 Å². The van der Waals surface area contributed by atoms with Gasteiger partial charge in [-0.2, -0.15) is 0 Å². The molecule has 0 aliphatic carbocycles. The SMILES string of the molecule is COc1cc(OC)cc(C(N)c2cccc(C)c2)c1. The second kappa shape index (κ2) is 5.76. The lowest BCUT2D eigenvalue weighted by Crippen LogP contribution is -2.12. The monoisotopic (exact) mass is 257 g/mol. The second-order valence-electron chi connectivity index (χ2n) is 4.54. The van der Waals surface area contributed by atoms with Crippen LogP contribution in [0.5, 0.6) is 11.5 Å². The van der Waals surface area contributed by atoms with Crippen molar-refractivity contribution in [1.29, 1.82) is 0 Å². The van der Waals surface area contributed by atoms with Gasteiger partial charge in [0, 0.05) is 6.07 Å². The highest BCUT2D eigenvalue weighted by Crippen LogP contribution is 2.28. The van der Waals surface area contributed by atoms with Gasteiger partial charge < -0.3 is 15.2 Å². The first-order valence-corrected chi connectivity index (χ1v) is 6.19. The van der Waals surface area contributed by atoms with Crippen LogP contribution in [0.3, 0.4) is 0 Å². The lowest BCUT2D eigenvalue weighted by molar-refractivity contribution is 0.393. The largest absolute Gasteiger partial charge is 0.497 e. The lowest BCUT2D eigenvalue weighted by atomic mass is 9.98. The predicted octanol–water partition coefficient (Wildman–Crippen LogP) is 3.06. The Kier molecular flexibility index (Phi) is 4.07. The van der Waals surface area contributed by atoms with Crippen LogP contribution >= 0.6 is 0 Å². The standard InChI is InChI=1S/C16H19NO2/c1-11-5-4-6-12(7-11)16(17)13-8-14(18-2)10-15(9-13)19-3/h4-10,16H,17H2,1-3H3. The van der Waals surface area contributed by atoms with Crippen molar-refractivity contribution in [2.75, 3.05) is 14.2 Å². The minimum absolute atomic E-state index is 0.191. The molecule has 0 aromatic heterocycles. The molecule has 1 unspecified atom stereocenters. The topological polar surface area (TPSA) is 44.5 Å². The van der Waals surface area contributed by atoms with Crippen LogP contribution in [0.25, 0.3) is 0 Å². The zero-order valence-corrected chi connectivity index (χ0v) is 11.5. The summed E-state index contributed by atoms with van der Waals surface area (Å²) in [4.78, 5) is 0. The molecule has 0 radical (unpaired) electrons. The molecule has 100 valence electrons. The molecule has 0 amide bonds. The summed E-state index contributed by atoms with van der Waals surface area (Å²) >= 11 is 0. The molecule has 2 rings (SSSR count). The molecule has 0 spiro atoms. The Hall–Kier alpha value is -2.00. The Bertz CT molecular complexity index is 544. The third-order valence-electron chi connectivity index (χ3n) is 3.13. The van der Waals surface area contributed by atoms with Crippen LogP contribution < -0.4 is 15.2 Å². The van der Waals surface area contributed by atoms with Crippen LogP contribution in [0.1, 0.15) is 22.7 Å². The minimum atomic E-state index is -0.191. The van der Waals surface area contributed by atoms with Gasteiger partial charge in [-0.3, -0.25) is 0 Å². The van der Waals surface area contributed by atoms with E-state index in [0.29, 0.717) is 0 Å².